The molecule has 0 unspecified atom stereocenters. The number of fused-ring (bicyclic) bond motifs is 1. The third-order valence-electron chi connectivity index (χ3n) is 3.63. The summed E-state index contributed by atoms with van der Waals surface area (Å²) < 4.78 is 0. The van der Waals surface area contributed by atoms with Gasteiger partial charge in [0.1, 0.15) is 5.75 Å². The van der Waals surface area contributed by atoms with E-state index in [1.165, 1.54) is 5.39 Å². The molecule has 0 heterocycles. The number of hydrogen-bond acceptors (Lipinski definition) is 2. The molecule has 2 nitrogen and oxygen atoms in total. The highest BCUT2D eigenvalue weighted by Gasteiger charge is 2.16. The molecule has 0 saturated carbocycles. The average Bonchev–Trinajstić information content (AvgIpc) is 2.37. The Hall–Kier alpha value is -1.54. The van der Waals surface area contributed by atoms with Crippen molar-refractivity contribution in [2.75, 3.05) is 0 Å². The predicted molar refractivity (Wildman–Crippen MR) is 81.4 cm³/mol. The van der Waals surface area contributed by atoms with E-state index >= 15 is 0 Å². The number of rotatable bonds is 5. The fourth-order valence-corrected chi connectivity index (χ4v) is 2.55. The Labute approximate surface area is 115 Å². The van der Waals surface area contributed by atoms with E-state index in [2.05, 4.69) is 38.2 Å². The van der Waals surface area contributed by atoms with Gasteiger partial charge in [-0.25, -0.2) is 0 Å². The molecular formula is C17H23NO. The van der Waals surface area contributed by atoms with E-state index in [0.717, 1.165) is 23.8 Å². The smallest absolute Gasteiger partial charge is 0.120 e. The fourth-order valence-electron chi connectivity index (χ4n) is 2.55. The molecule has 2 aromatic carbocycles. The van der Waals surface area contributed by atoms with Crippen molar-refractivity contribution in [3.05, 3.63) is 42.0 Å². The number of nitrogens with one attached hydrogen (secondary N) is 1. The van der Waals surface area contributed by atoms with E-state index in [-0.39, 0.29) is 5.54 Å². The van der Waals surface area contributed by atoms with Gasteiger partial charge in [-0.15, -0.1) is 0 Å². The van der Waals surface area contributed by atoms with Gasteiger partial charge >= 0.3 is 0 Å². The first kappa shape index (κ1) is 13.9. The Kier molecular flexibility index (Phi) is 4.11. The van der Waals surface area contributed by atoms with Crippen LogP contribution in [-0.2, 0) is 6.54 Å². The van der Waals surface area contributed by atoms with Gasteiger partial charge in [0.25, 0.3) is 0 Å². The maximum absolute atomic E-state index is 10.1. The zero-order chi connectivity index (χ0) is 13.9. The van der Waals surface area contributed by atoms with Crippen molar-refractivity contribution in [1.29, 1.82) is 0 Å². The van der Waals surface area contributed by atoms with E-state index in [0.29, 0.717) is 12.3 Å². The van der Waals surface area contributed by atoms with E-state index in [1.807, 2.05) is 18.2 Å². The van der Waals surface area contributed by atoms with E-state index in [1.54, 1.807) is 6.07 Å². The van der Waals surface area contributed by atoms with Gasteiger partial charge in [-0.05, 0) is 37.1 Å². The Bertz CT molecular complexity index is 560. The van der Waals surface area contributed by atoms with E-state index in [4.69, 9.17) is 0 Å². The van der Waals surface area contributed by atoms with Crippen LogP contribution in [0.1, 0.15) is 39.2 Å². The second-order valence-corrected chi connectivity index (χ2v) is 5.77. The largest absolute Gasteiger partial charge is 0.508 e. The summed E-state index contributed by atoms with van der Waals surface area (Å²) in [6, 6.07) is 11.9. The second kappa shape index (κ2) is 5.62. The van der Waals surface area contributed by atoms with Crippen LogP contribution in [0.15, 0.2) is 36.4 Å². The molecule has 0 amide bonds. The Balaban J connectivity index is 2.27. The highest BCUT2D eigenvalue weighted by molar-refractivity contribution is 5.87. The first-order valence-electron chi connectivity index (χ1n) is 6.98. The fraction of sp³-hybridized carbons (Fsp3) is 0.412. The molecular weight excluding hydrogens is 234 g/mol. The van der Waals surface area contributed by atoms with Crippen LogP contribution in [0.4, 0.5) is 0 Å². The van der Waals surface area contributed by atoms with Gasteiger partial charge in [-0.3, -0.25) is 0 Å². The predicted octanol–water partition coefficient (Wildman–Crippen LogP) is 4.21. The first-order valence-corrected chi connectivity index (χ1v) is 6.98. The van der Waals surface area contributed by atoms with Crippen molar-refractivity contribution in [3.8, 4) is 5.75 Å². The van der Waals surface area contributed by atoms with Crippen molar-refractivity contribution >= 4 is 10.8 Å². The first-order chi connectivity index (χ1) is 9.03. The van der Waals surface area contributed by atoms with Crippen LogP contribution < -0.4 is 5.32 Å². The summed E-state index contributed by atoms with van der Waals surface area (Å²) in [4.78, 5) is 0. The van der Waals surface area contributed by atoms with Crippen molar-refractivity contribution in [3.63, 3.8) is 0 Å². The average molecular weight is 257 g/mol. The van der Waals surface area contributed by atoms with Crippen LogP contribution in [0.25, 0.3) is 10.8 Å². The van der Waals surface area contributed by atoms with Gasteiger partial charge < -0.3 is 10.4 Å². The summed E-state index contributed by atoms with van der Waals surface area (Å²) in [5.41, 5.74) is 1.08. The number of aromatic hydroxyl groups is 1. The minimum Gasteiger partial charge on any atom is -0.508 e. The molecule has 2 N–H and O–H groups in total. The zero-order valence-electron chi connectivity index (χ0n) is 12.0. The molecule has 0 aliphatic heterocycles. The Morgan fingerprint density at radius 1 is 1.11 bits per heavy atom. The Morgan fingerprint density at radius 3 is 2.58 bits per heavy atom. The second-order valence-electron chi connectivity index (χ2n) is 5.77. The molecule has 19 heavy (non-hydrogen) atoms. The molecule has 0 saturated heterocycles. The van der Waals surface area contributed by atoms with Crippen molar-refractivity contribution in [2.24, 2.45) is 0 Å². The lowest BCUT2D eigenvalue weighted by Gasteiger charge is -2.26. The number of phenols is 1. The monoisotopic (exact) mass is 257 g/mol. The molecule has 2 heteroatoms. The van der Waals surface area contributed by atoms with Gasteiger partial charge in [0.15, 0.2) is 0 Å². The van der Waals surface area contributed by atoms with Gasteiger partial charge in [0.2, 0.25) is 0 Å². The third kappa shape index (κ3) is 3.27. The maximum atomic E-state index is 10.1. The van der Waals surface area contributed by atoms with Crippen LogP contribution in [-0.4, -0.2) is 10.6 Å². The lowest BCUT2D eigenvalue weighted by molar-refractivity contribution is 0.353. The number of hydrogen-bond donors (Lipinski definition) is 2. The van der Waals surface area contributed by atoms with Crippen LogP contribution in [0.2, 0.25) is 0 Å². The van der Waals surface area contributed by atoms with E-state index in [9.17, 15) is 5.11 Å². The molecule has 0 aliphatic rings. The molecule has 0 aliphatic carbocycles. The third-order valence-corrected chi connectivity index (χ3v) is 3.63. The van der Waals surface area contributed by atoms with Gasteiger partial charge in [-0.1, -0.05) is 43.7 Å². The minimum atomic E-state index is 0.0954. The normalized spacial score (nSPS) is 11.9. The van der Waals surface area contributed by atoms with Crippen molar-refractivity contribution in [2.45, 2.75) is 45.7 Å². The topological polar surface area (TPSA) is 32.3 Å². The summed E-state index contributed by atoms with van der Waals surface area (Å²) in [6.45, 7) is 7.30. The van der Waals surface area contributed by atoms with Gasteiger partial charge in [0.05, 0.1) is 0 Å². The Morgan fingerprint density at radius 2 is 1.84 bits per heavy atom. The van der Waals surface area contributed by atoms with Gasteiger partial charge in [0, 0.05) is 17.6 Å². The quantitative estimate of drug-likeness (QED) is 0.840. The molecule has 0 atom stereocenters. The van der Waals surface area contributed by atoms with Crippen LogP contribution in [0, 0.1) is 0 Å². The van der Waals surface area contributed by atoms with Crippen LogP contribution in [0.5, 0.6) is 5.75 Å². The summed E-state index contributed by atoms with van der Waals surface area (Å²) >= 11 is 0. The standard InChI is InChI=1S/C17H23NO/c1-4-11-17(2,3)18-12-15-14-8-6-5-7-13(14)9-10-16(15)19/h5-10,18-19H,4,11-12H2,1-3H3. The molecule has 2 aromatic rings. The van der Waals surface area contributed by atoms with Crippen molar-refractivity contribution in [1.82, 2.24) is 5.32 Å². The molecule has 0 aromatic heterocycles. The maximum Gasteiger partial charge on any atom is 0.120 e. The zero-order valence-corrected chi connectivity index (χ0v) is 12.0. The lowest BCUT2D eigenvalue weighted by atomic mass is 9.97. The lowest BCUT2D eigenvalue weighted by Crippen LogP contribution is -2.38. The van der Waals surface area contributed by atoms with Crippen LogP contribution in [0.3, 0.4) is 0 Å². The van der Waals surface area contributed by atoms with Crippen molar-refractivity contribution < 1.29 is 5.11 Å². The number of phenolic OH excluding ortho intramolecular Hbond substituents is 1. The van der Waals surface area contributed by atoms with Gasteiger partial charge in [-0.2, -0.15) is 0 Å². The molecule has 2 rings (SSSR count). The summed E-state index contributed by atoms with van der Waals surface area (Å²) in [5.74, 6) is 0.374. The molecule has 0 fully saturated rings. The summed E-state index contributed by atoms with van der Waals surface area (Å²) in [5, 5.41) is 15.9. The minimum absolute atomic E-state index is 0.0954. The molecule has 0 bridgehead atoms. The molecule has 0 radical (unpaired) electrons. The molecule has 102 valence electrons. The number of benzene rings is 2. The highest BCUT2D eigenvalue weighted by atomic mass is 16.3. The summed E-state index contributed by atoms with van der Waals surface area (Å²) in [6.07, 6.45) is 2.28. The van der Waals surface area contributed by atoms with Crippen LogP contribution >= 0.6 is 0 Å². The molecule has 0 spiro atoms. The highest BCUT2D eigenvalue weighted by Crippen LogP contribution is 2.27. The van der Waals surface area contributed by atoms with E-state index < -0.39 is 0 Å². The SMILES string of the molecule is CCCC(C)(C)NCc1c(O)ccc2ccccc12. The summed E-state index contributed by atoms with van der Waals surface area (Å²) in [7, 11) is 0.